The average Bonchev–Trinajstić information content (AvgIpc) is 2.74. The second-order valence-electron chi connectivity index (χ2n) is 7.72. The number of nitrogens with zero attached hydrogens (tertiary/aromatic N) is 1. The first-order chi connectivity index (χ1) is 15.5. The molecule has 0 spiro atoms. The van der Waals surface area contributed by atoms with Crippen molar-refractivity contribution in [2.45, 2.75) is 54.9 Å². The fourth-order valence-corrected chi connectivity index (χ4v) is 6.19. The van der Waals surface area contributed by atoms with Crippen LogP contribution in [-0.4, -0.2) is 39.2 Å². The number of urea groups is 2. The molecule has 0 unspecified atom stereocenters. The van der Waals surface area contributed by atoms with E-state index >= 15 is 0 Å². The maximum atomic E-state index is 13.3. The topological polar surface area (TPSA) is 130 Å². The second-order valence-corrected chi connectivity index (χ2v) is 11.7. The molecule has 1 fully saturated rings. The summed E-state index contributed by atoms with van der Waals surface area (Å²) in [5, 5.41) is 2.16. The monoisotopic (exact) mass is 513 g/mol. The molecule has 2 N–H and O–H groups in total. The number of hydrogen-bond acceptors (Lipinski definition) is 6. The van der Waals surface area contributed by atoms with E-state index in [0.717, 1.165) is 24.8 Å². The van der Waals surface area contributed by atoms with Crippen LogP contribution in [0.1, 0.15) is 37.7 Å². The van der Waals surface area contributed by atoms with Gasteiger partial charge in [-0.05, 0) is 56.2 Å². The van der Waals surface area contributed by atoms with Gasteiger partial charge in [-0.2, -0.15) is 0 Å². The quantitative estimate of drug-likeness (QED) is 0.625. The third-order valence-electron chi connectivity index (χ3n) is 5.26. The Hall–Kier alpha value is -2.63. The zero-order chi connectivity index (χ0) is 24.2. The zero-order valence-corrected chi connectivity index (χ0v) is 20.2. The number of carbonyl (C=O) groups is 2. The van der Waals surface area contributed by atoms with Crippen LogP contribution in [0, 0.1) is 6.92 Å². The third-order valence-corrected chi connectivity index (χ3v) is 8.70. The van der Waals surface area contributed by atoms with E-state index in [1.54, 1.807) is 23.8 Å². The molecular formula is C21H24ClN3O6S2. The van der Waals surface area contributed by atoms with Gasteiger partial charge in [0.15, 0.2) is 0 Å². The Balaban J connectivity index is 1.83. The van der Waals surface area contributed by atoms with Crippen LogP contribution in [0.5, 0.6) is 0 Å². The summed E-state index contributed by atoms with van der Waals surface area (Å²) in [6.45, 7) is 1.80. The van der Waals surface area contributed by atoms with Gasteiger partial charge in [0.1, 0.15) is 0 Å². The lowest BCUT2D eigenvalue weighted by molar-refractivity contribution is 0.198. The molecule has 178 valence electrons. The van der Waals surface area contributed by atoms with Crippen LogP contribution in [0.4, 0.5) is 9.59 Å². The van der Waals surface area contributed by atoms with E-state index in [1.165, 1.54) is 36.4 Å². The molecule has 0 aromatic heterocycles. The molecule has 0 heterocycles. The summed E-state index contributed by atoms with van der Waals surface area (Å²) in [7, 11) is -8.59. The van der Waals surface area contributed by atoms with Crippen molar-refractivity contribution in [2.75, 3.05) is 0 Å². The van der Waals surface area contributed by atoms with Crippen LogP contribution >= 0.6 is 11.6 Å². The van der Waals surface area contributed by atoms with Crippen LogP contribution in [0.25, 0.3) is 0 Å². The van der Waals surface area contributed by atoms with Gasteiger partial charge in [0.2, 0.25) is 0 Å². The van der Waals surface area contributed by atoms with Gasteiger partial charge in [0.25, 0.3) is 20.0 Å². The SMILES string of the molecule is Cc1ccc(S(=O)(=O)N(C(=O)NC(=O)NS(=O)(=O)c2ccc(Cl)cc2)C2CCCCC2)cc1. The molecule has 3 rings (SSSR count). The van der Waals surface area contributed by atoms with Crippen LogP contribution in [0.2, 0.25) is 5.02 Å². The maximum absolute atomic E-state index is 13.3. The predicted octanol–water partition coefficient (Wildman–Crippen LogP) is 3.78. The fraction of sp³-hybridized carbons (Fsp3) is 0.333. The first-order valence-electron chi connectivity index (χ1n) is 10.2. The Kier molecular flexibility index (Phi) is 7.65. The summed E-state index contributed by atoms with van der Waals surface area (Å²) in [6, 6.07) is 7.80. The summed E-state index contributed by atoms with van der Waals surface area (Å²) >= 11 is 5.75. The van der Waals surface area contributed by atoms with Gasteiger partial charge in [0.05, 0.1) is 15.8 Å². The Morgan fingerprint density at radius 2 is 1.42 bits per heavy atom. The van der Waals surface area contributed by atoms with Crippen LogP contribution in [0.15, 0.2) is 58.3 Å². The first-order valence-corrected chi connectivity index (χ1v) is 13.6. The molecule has 1 aliphatic rings. The number of carbonyl (C=O) groups excluding carboxylic acids is 2. The van der Waals surface area contributed by atoms with Crippen LogP contribution in [0.3, 0.4) is 0 Å². The molecule has 12 heteroatoms. The van der Waals surface area contributed by atoms with Crippen LogP contribution < -0.4 is 10.0 Å². The molecule has 0 atom stereocenters. The van der Waals surface area contributed by atoms with Crippen molar-refractivity contribution in [3.63, 3.8) is 0 Å². The molecule has 0 aliphatic heterocycles. The molecule has 2 aromatic rings. The number of nitrogens with one attached hydrogen (secondary N) is 2. The highest BCUT2D eigenvalue weighted by Crippen LogP contribution is 2.28. The number of hydrogen-bond donors (Lipinski definition) is 2. The lowest BCUT2D eigenvalue weighted by Gasteiger charge is -2.33. The van der Waals surface area contributed by atoms with Gasteiger partial charge >= 0.3 is 12.1 Å². The number of imide groups is 1. The van der Waals surface area contributed by atoms with E-state index in [2.05, 4.69) is 0 Å². The molecule has 0 bridgehead atoms. The van der Waals surface area contributed by atoms with Crippen molar-refractivity contribution in [1.82, 2.24) is 14.3 Å². The highest BCUT2D eigenvalue weighted by atomic mass is 35.5. The van der Waals surface area contributed by atoms with Gasteiger partial charge in [0, 0.05) is 5.02 Å². The van der Waals surface area contributed by atoms with Crippen molar-refractivity contribution in [2.24, 2.45) is 0 Å². The third kappa shape index (κ3) is 6.04. The number of aryl methyl sites for hydroxylation is 1. The van der Waals surface area contributed by atoms with E-state index in [-0.39, 0.29) is 9.79 Å². The highest BCUT2D eigenvalue weighted by molar-refractivity contribution is 7.90. The molecule has 9 nitrogen and oxygen atoms in total. The predicted molar refractivity (Wildman–Crippen MR) is 123 cm³/mol. The van der Waals surface area contributed by atoms with Gasteiger partial charge in [-0.1, -0.05) is 48.6 Å². The lowest BCUT2D eigenvalue weighted by Crippen LogP contribution is -2.53. The summed E-state index contributed by atoms with van der Waals surface area (Å²) in [5.41, 5.74) is 0.842. The molecule has 1 saturated carbocycles. The summed E-state index contributed by atoms with van der Waals surface area (Å²) in [4.78, 5) is 25.0. The lowest BCUT2D eigenvalue weighted by atomic mass is 9.96. The number of benzene rings is 2. The number of rotatable bonds is 5. The molecule has 1 aliphatic carbocycles. The minimum Gasteiger partial charge on any atom is -0.258 e. The Bertz CT molecular complexity index is 1220. The molecular weight excluding hydrogens is 490 g/mol. The van der Waals surface area contributed by atoms with E-state index < -0.39 is 38.2 Å². The molecule has 0 saturated heterocycles. The summed E-state index contributed by atoms with van der Waals surface area (Å²) in [6.07, 6.45) is 3.27. The van der Waals surface area contributed by atoms with Gasteiger partial charge in [-0.3, -0.25) is 5.32 Å². The molecule has 33 heavy (non-hydrogen) atoms. The standard InChI is InChI=1S/C21H24ClN3O6S2/c1-15-7-11-19(12-8-15)33(30,31)25(17-5-3-2-4-6-17)21(27)23-20(26)24-32(28,29)18-13-9-16(22)10-14-18/h7-14,17H,2-6H2,1H3,(H2,23,24,26,27). The normalized spacial score (nSPS) is 15.0. The largest absolute Gasteiger partial charge is 0.339 e. The van der Waals surface area contributed by atoms with E-state index in [0.29, 0.717) is 22.2 Å². The van der Waals surface area contributed by atoms with Gasteiger partial charge in [-0.15, -0.1) is 0 Å². The number of sulfonamides is 2. The smallest absolute Gasteiger partial charge is 0.258 e. The summed E-state index contributed by atoms with van der Waals surface area (Å²) < 4.78 is 53.8. The van der Waals surface area contributed by atoms with E-state index in [1.807, 2.05) is 5.32 Å². The van der Waals surface area contributed by atoms with Crippen molar-refractivity contribution in [3.8, 4) is 0 Å². The number of halogens is 1. The molecule has 2 aromatic carbocycles. The van der Waals surface area contributed by atoms with E-state index in [4.69, 9.17) is 11.6 Å². The highest BCUT2D eigenvalue weighted by Gasteiger charge is 2.37. The van der Waals surface area contributed by atoms with Crippen molar-refractivity contribution < 1.29 is 26.4 Å². The Morgan fingerprint density at radius 1 is 0.879 bits per heavy atom. The fourth-order valence-electron chi connectivity index (χ4n) is 3.58. The Morgan fingerprint density at radius 3 is 2.00 bits per heavy atom. The van der Waals surface area contributed by atoms with Crippen LogP contribution in [-0.2, 0) is 20.0 Å². The number of amides is 4. The second kappa shape index (κ2) is 10.1. The van der Waals surface area contributed by atoms with Crippen molar-refractivity contribution in [1.29, 1.82) is 0 Å². The van der Waals surface area contributed by atoms with E-state index in [9.17, 15) is 26.4 Å². The van der Waals surface area contributed by atoms with Crippen molar-refractivity contribution >= 4 is 43.7 Å². The molecule has 4 amide bonds. The minimum atomic E-state index is -4.31. The Labute approximate surface area is 198 Å². The van der Waals surface area contributed by atoms with Crippen molar-refractivity contribution in [3.05, 3.63) is 59.1 Å². The first kappa shape index (κ1) is 25.0. The summed E-state index contributed by atoms with van der Waals surface area (Å²) in [5.74, 6) is 0. The average molecular weight is 514 g/mol. The maximum Gasteiger partial charge on any atom is 0.339 e. The zero-order valence-electron chi connectivity index (χ0n) is 17.8. The van der Waals surface area contributed by atoms with Gasteiger partial charge < -0.3 is 0 Å². The minimum absolute atomic E-state index is 0.0944. The van der Waals surface area contributed by atoms with Gasteiger partial charge in [-0.25, -0.2) is 35.5 Å². The molecule has 0 radical (unpaired) electrons.